The zero-order valence-electron chi connectivity index (χ0n) is 5.19. The number of rotatable bonds is 2. The van der Waals surface area contributed by atoms with Gasteiger partial charge in [0.05, 0.1) is 0 Å². The van der Waals surface area contributed by atoms with Gasteiger partial charge in [0.1, 0.15) is 0 Å². The molecular weight excluding hydrogens is 150 g/mol. The number of nitrogens with zero attached hydrogens (tertiary/aromatic N) is 1. The Morgan fingerprint density at radius 1 is 1.70 bits per heavy atom. The quantitative estimate of drug-likeness (QED) is 0.584. The lowest BCUT2D eigenvalue weighted by atomic mass is 10.3. The van der Waals surface area contributed by atoms with Crippen LogP contribution in [0, 0.1) is 0 Å². The second-order valence-corrected chi connectivity index (χ2v) is 2.71. The predicted octanol–water partition coefficient (Wildman–Crippen LogP) is 0.461. The molecule has 0 aliphatic rings. The average molecular weight is 156 g/mol. The molecule has 1 atom stereocenters. The van der Waals surface area contributed by atoms with Crippen LogP contribution in [0.5, 0.6) is 0 Å². The van der Waals surface area contributed by atoms with Gasteiger partial charge in [-0.2, -0.15) is 0 Å². The van der Waals surface area contributed by atoms with Crippen LogP contribution in [0.1, 0.15) is 5.56 Å². The molecule has 0 radical (unpaired) electrons. The Bertz CT molecular complexity index is 224. The van der Waals surface area contributed by atoms with Gasteiger partial charge in [0, 0.05) is 18.1 Å². The number of aromatic nitrogens is 1. The maximum Gasteiger partial charge on any atom is 0.0368 e. The summed E-state index contributed by atoms with van der Waals surface area (Å²) in [7, 11) is 0. The Kier molecular flexibility index (Phi) is 2.53. The predicted molar refractivity (Wildman–Crippen MR) is 36.9 cm³/mol. The minimum Gasteiger partial charge on any atom is -0.772 e. The first-order valence-corrected chi connectivity index (χ1v) is 3.98. The van der Waals surface area contributed by atoms with E-state index in [-0.39, 0.29) is 5.75 Å². The van der Waals surface area contributed by atoms with Crippen molar-refractivity contribution in [1.82, 2.24) is 4.98 Å². The third kappa shape index (κ3) is 2.24. The van der Waals surface area contributed by atoms with Crippen LogP contribution in [0.25, 0.3) is 0 Å². The molecule has 1 rings (SSSR count). The Labute approximate surface area is 61.4 Å². The van der Waals surface area contributed by atoms with E-state index >= 15 is 0 Å². The van der Waals surface area contributed by atoms with Crippen LogP contribution in [0.3, 0.4) is 0 Å². The molecule has 0 fully saturated rings. The van der Waals surface area contributed by atoms with Crippen molar-refractivity contribution < 1.29 is 8.76 Å². The van der Waals surface area contributed by atoms with Gasteiger partial charge >= 0.3 is 0 Å². The second-order valence-electron chi connectivity index (χ2n) is 1.81. The maximum atomic E-state index is 10.1. The Balaban J connectivity index is 2.67. The lowest BCUT2D eigenvalue weighted by molar-refractivity contribution is 0.536. The summed E-state index contributed by atoms with van der Waals surface area (Å²) in [6.07, 6.45) is 3.15. The van der Waals surface area contributed by atoms with Gasteiger partial charge in [0.25, 0.3) is 0 Å². The van der Waals surface area contributed by atoms with Crippen molar-refractivity contribution >= 4 is 11.1 Å². The fourth-order valence-corrected chi connectivity index (χ4v) is 1.06. The van der Waals surface area contributed by atoms with E-state index in [0.717, 1.165) is 5.56 Å². The van der Waals surface area contributed by atoms with E-state index in [0.29, 0.717) is 0 Å². The van der Waals surface area contributed by atoms with Gasteiger partial charge in [-0.25, -0.2) is 0 Å². The zero-order chi connectivity index (χ0) is 7.40. The van der Waals surface area contributed by atoms with E-state index in [1.54, 1.807) is 18.3 Å². The van der Waals surface area contributed by atoms with Crippen LogP contribution in [-0.4, -0.2) is 13.7 Å². The molecule has 0 aliphatic heterocycles. The average Bonchev–Trinajstić information content (AvgIpc) is 1.88. The molecule has 1 aromatic heterocycles. The molecule has 1 aromatic rings. The van der Waals surface area contributed by atoms with Crippen molar-refractivity contribution in [2.45, 2.75) is 5.75 Å². The van der Waals surface area contributed by atoms with Crippen LogP contribution < -0.4 is 0 Å². The van der Waals surface area contributed by atoms with E-state index < -0.39 is 11.1 Å². The summed E-state index contributed by atoms with van der Waals surface area (Å²) in [6.45, 7) is 0. The van der Waals surface area contributed by atoms with Crippen molar-refractivity contribution in [2.75, 3.05) is 0 Å². The molecule has 0 aromatic carbocycles. The topological polar surface area (TPSA) is 53.0 Å². The summed E-state index contributed by atoms with van der Waals surface area (Å²) in [5.74, 6) is 0.0494. The minimum atomic E-state index is -2.01. The molecule has 0 N–H and O–H groups in total. The van der Waals surface area contributed by atoms with Crippen molar-refractivity contribution in [2.24, 2.45) is 0 Å². The van der Waals surface area contributed by atoms with Crippen molar-refractivity contribution in [3.8, 4) is 0 Å². The first-order chi connectivity index (χ1) is 4.79. The second kappa shape index (κ2) is 3.43. The summed E-state index contributed by atoms with van der Waals surface area (Å²) >= 11 is -2.01. The largest absolute Gasteiger partial charge is 0.772 e. The lowest BCUT2D eigenvalue weighted by Crippen LogP contribution is -1.92. The van der Waals surface area contributed by atoms with Gasteiger partial charge in [-0.15, -0.1) is 0 Å². The first kappa shape index (κ1) is 7.37. The highest BCUT2D eigenvalue weighted by atomic mass is 32.2. The first-order valence-electron chi connectivity index (χ1n) is 2.74. The molecule has 10 heavy (non-hydrogen) atoms. The maximum absolute atomic E-state index is 10.1. The molecular formula is C6H6NO2S-. The highest BCUT2D eigenvalue weighted by molar-refractivity contribution is 7.78. The molecule has 0 bridgehead atoms. The zero-order valence-corrected chi connectivity index (χ0v) is 6.00. The third-order valence-electron chi connectivity index (χ3n) is 1.01. The number of hydrogen-bond donors (Lipinski definition) is 0. The highest BCUT2D eigenvalue weighted by Crippen LogP contribution is 1.97. The van der Waals surface area contributed by atoms with Crippen molar-refractivity contribution in [3.63, 3.8) is 0 Å². The van der Waals surface area contributed by atoms with E-state index in [1.165, 1.54) is 6.20 Å². The Morgan fingerprint density at radius 3 is 3.00 bits per heavy atom. The molecule has 1 heterocycles. The van der Waals surface area contributed by atoms with Crippen molar-refractivity contribution in [3.05, 3.63) is 30.1 Å². The van der Waals surface area contributed by atoms with E-state index in [9.17, 15) is 8.76 Å². The third-order valence-corrected chi connectivity index (χ3v) is 1.58. The highest BCUT2D eigenvalue weighted by Gasteiger charge is 1.88. The van der Waals surface area contributed by atoms with Gasteiger partial charge in [0.2, 0.25) is 0 Å². The normalized spacial score (nSPS) is 12.9. The Morgan fingerprint density at radius 2 is 2.50 bits per heavy atom. The van der Waals surface area contributed by atoms with Gasteiger partial charge in [-0.05, 0) is 11.6 Å². The molecule has 54 valence electrons. The van der Waals surface area contributed by atoms with Crippen molar-refractivity contribution in [1.29, 1.82) is 0 Å². The summed E-state index contributed by atoms with van der Waals surface area (Å²) in [5, 5.41) is 0. The summed E-state index contributed by atoms with van der Waals surface area (Å²) in [6, 6.07) is 3.44. The summed E-state index contributed by atoms with van der Waals surface area (Å²) < 4.78 is 20.3. The standard InChI is InChI=1S/C6H7NO2S/c8-10(9)5-6-2-1-3-7-4-6/h1-4H,5H2,(H,8,9)/p-1. The van der Waals surface area contributed by atoms with E-state index in [1.807, 2.05) is 0 Å². The molecule has 0 aliphatic carbocycles. The van der Waals surface area contributed by atoms with E-state index in [2.05, 4.69) is 4.98 Å². The fraction of sp³-hybridized carbons (Fsp3) is 0.167. The number of pyridine rings is 1. The summed E-state index contributed by atoms with van der Waals surface area (Å²) in [5.41, 5.74) is 0.718. The van der Waals surface area contributed by atoms with Crippen LogP contribution in [0.2, 0.25) is 0 Å². The molecule has 3 nitrogen and oxygen atoms in total. The monoisotopic (exact) mass is 156 g/mol. The SMILES string of the molecule is O=S([O-])Cc1cccnc1. The molecule has 1 unspecified atom stereocenters. The molecule has 0 spiro atoms. The van der Waals surface area contributed by atoms with Gasteiger partial charge in [-0.3, -0.25) is 9.19 Å². The van der Waals surface area contributed by atoms with Crippen LogP contribution in [-0.2, 0) is 16.8 Å². The summed E-state index contributed by atoms with van der Waals surface area (Å²) in [4.78, 5) is 3.76. The lowest BCUT2D eigenvalue weighted by Gasteiger charge is -2.02. The Hall–Kier alpha value is -0.740. The molecule has 0 amide bonds. The van der Waals surface area contributed by atoms with Crippen LogP contribution in [0.4, 0.5) is 0 Å². The van der Waals surface area contributed by atoms with Crippen LogP contribution in [0.15, 0.2) is 24.5 Å². The minimum absolute atomic E-state index is 0.0494. The smallest absolute Gasteiger partial charge is 0.0368 e. The fourth-order valence-electron chi connectivity index (χ4n) is 0.620. The van der Waals surface area contributed by atoms with Gasteiger partial charge in [0.15, 0.2) is 0 Å². The number of hydrogen-bond acceptors (Lipinski definition) is 3. The molecule has 0 saturated heterocycles. The van der Waals surface area contributed by atoms with Crippen LogP contribution >= 0.6 is 0 Å². The van der Waals surface area contributed by atoms with E-state index in [4.69, 9.17) is 0 Å². The van der Waals surface area contributed by atoms with Gasteiger partial charge in [-0.1, -0.05) is 17.1 Å². The molecule has 0 saturated carbocycles. The van der Waals surface area contributed by atoms with Gasteiger partial charge < -0.3 is 4.55 Å². The molecule has 4 heteroatoms.